The Bertz CT molecular complexity index is 1320. The third-order valence-electron chi connectivity index (χ3n) is 9.67. The molecule has 0 spiro atoms. The highest BCUT2D eigenvalue weighted by Gasteiger charge is 2.35. The summed E-state index contributed by atoms with van der Waals surface area (Å²) in [6, 6.07) is 19.5. The molecule has 0 bridgehead atoms. The third kappa shape index (κ3) is 5.94. The van der Waals surface area contributed by atoms with Gasteiger partial charge in [0.15, 0.2) is 0 Å². The van der Waals surface area contributed by atoms with E-state index in [2.05, 4.69) is 54.0 Å². The van der Waals surface area contributed by atoms with Crippen molar-refractivity contribution in [1.29, 1.82) is 0 Å². The van der Waals surface area contributed by atoms with Crippen LogP contribution in [0.3, 0.4) is 0 Å². The second-order valence-corrected chi connectivity index (χ2v) is 12.7. The van der Waals surface area contributed by atoms with Gasteiger partial charge in [-0.15, -0.1) is 0 Å². The van der Waals surface area contributed by atoms with E-state index >= 15 is 0 Å². The first kappa shape index (κ1) is 28.0. The number of benzene rings is 3. The van der Waals surface area contributed by atoms with Gasteiger partial charge in [0.2, 0.25) is 0 Å². The highest BCUT2D eigenvalue weighted by molar-refractivity contribution is 6.18. The van der Waals surface area contributed by atoms with Crippen LogP contribution in [0.1, 0.15) is 82.0 Å². The SMILES string of the molecule is CC(C)N(C(=O)O[C@@H]1CCCN(C2CCN(C(=O)c3c4ccccc4cc4ccccc34)CC2)C1)C1CCCCC1. The number of nitrogens with zero attached hydrogens (tertiary/aromatic N) is 3. The van der Waals surface area contributed by atoms with Crippen molar-refractivity contribution in [1.82, 2.24) is 14.7 Å². The number of carbonyl (C=O) groups is 2. The number of hydrogen-bond acceptors (Lipinski definition) is 4. The summed E-state index contributed by atoms with van der Waals surface area (Å²) in [5.74, 6) is 0.137. The van der Waals surface area contributed by atoms with Crippen LogP contribution < -0.4 is 0 Å². The molecule has 2 saturated heterocycles. The van der Waals surface area contributed by atoms with Gasteiger partial charge < -0.3 is 14.5 Å². The van der Waals surface area contributed by atoms with Crippen molar-refractivity contribution in [2.45, 2.75) is 95.9 Å². The smallest absolute Gasteiger partial charge is 0.410 e. The van der Waals surface area contributed by atoms with Crippen molar-refractivity contribution in [3.05, 3.63) is 60.2 Å². The molecule has 0 radical (unpaired) electrons. The van der Waals surface area contributed by atoms with Gasteiger partial charge in [0, 0.05) is 37.8 Å². The summed E-state index contributed by atoms with van der Waals surface area (Å²) in [4.78, 5) is 33.9. The lowest BCUT2D eigenvalue weighted by molar-refractivity contribution is -0.0116. The average molecular weight is 556 g/mol. The molecular formula is C35H45N3O3. The molecule has 1 atom stereocenters. The van der Waals surface area contributed by atoms with E-state index < -0.39 is 0 Å². The summed E-state index contributed by atoms with van der Waals surface area (Å²) >= 11 is 0. The first-order valence-corrected chi connectivity index (χ1v) is 15.9. The lowest BCUT2D eigenvalue weighted by atomic mass is 9.93. The van der Waals surface area contributed by atoms with Crippen LogP contribution in [-0.4, -0.2) is 77.1 Å². The van der Waals surface area contributed by atoms with Gasteiger partial charge in [-0.2, -0.15) is 0 Å². The fourth-order valence-electron chi connectivity index (χ4n) is 7.57. The summed E-state index contributed by atoms with van der Waals surface area (Å²) in [6.45, 7) is 7.57. The Hall–Kier alpha value is -3.12. The molecule has 6 rings (SSSR count). The van der Waals surface area contributed by atoms with E-state index in [9.17, 15) is 9.59 Å². The molecule has 6 heteroatoms. The Kier molecular flexibility index (Phi) is 8.47. The molecule has 3 aliphatic rings. The lowest BCUT2D eigenvalue weighted by Gasteiger charge is -2.43. The van der Waals surface area contributed by atoms with Gasteiger partial charge in [0.05, 0.1) is 5.56 Å². The molecule has 2 aliphatic heterocycles. The number of ether oxygens (including phenoxy) is 1. The zero-order valence-corrected chi connectivity index (χ0v) is 24.8. The van der Waals surface area contributed by atoms with Crippen molar-refractivity contribution in [2.75, 3.05) is 26.2 Å². The third-order valence-corrected chi connectivity index (χ3v) is 9.67. The second-order valence-electron chi connectivity index (χ2n) is 12.7. The maximum absolute atomic E-state index is 14.0. The van der Waals surface area contributed by atoms with Crippen LogP contribution in [0.25, 0.3) is 21.5 Å². The Morgan fingerprint density at radius 1 is 0.805 bits per heavy atom. The van der Waals surface area contributed by atoms with Crippen LogP contribution in [0.2, 0.25) is 0 Å². The van der Waals surface area contributed by atoms with Crippen LogP contribution in [0, 0.1) is 0 Å². The summed E-state index contributed by atoms with van der Waals surface area (Å²) in [6.07, 6.45) is 9.58. The first-order valence-electron chi connectivity index (χ1n) is 15.9. The van der Waals surface area contributed by atoms with Crippen LogP contribution in [0.4, 0.5) is 4.79 Å². The molecule has 6 nitrogen and oxygen atoms in total. The maximum atomic E-state index is 14.0. The van der Waals surface area contributed by atoms with E-state index in [-0.39, 0.29) is 24.1 Å². The molecule has 1 saturated carbocycles. The van der Waals surface area contributed by atoms with E-state index in [1.54, 1.807) is 0 Å². The topological polar surface area (TPSA) is 53.1 Å². The minimum Gasteiger partial charge on any atom is -0.445 e. The number of likely N-dealkylation sites (tertiary alicyclic amines) is 2. The van der Waals surface area contributed by atoms with Crippen molar-refractivity contribution >= 4 is 33.5 Å². The minimum absolute atomic E-state index is 0.0530. The van der Waals surface area contributed by atoms with Gasteiger partial charge in [-0.3, -0.25) is 9.69 Å². The summed E-state index contributed by atoms with van der Waals surface area (Å²) in [7, 11) is 0. The Morgan fingerprint density at radius 2 is 1.44 bits per heavy atom. The van der Waals surface area contributed by atoms with Crippen molar-refractivity contribution in [3.63, 3.8) is 0 Å². The number of carbonyl (C=O) groups excluding carboxylic acids is 2. The predicted molar refractivity (Wildman–Crippen MR) is 165 cm³/mol. The van der Waals surface area contributed by atoms with Crippen molar-refractivity contribution in [2.24, 2.45) is 0 Å². The van der Waals surface area contributed by atoms with E-state index in [0.717, 1.165) is 91.8 Å². The lowest BCUT2D eigenvalue weighted by Crippen LogP contribution is -2.52. The molecule has 2 heterocycles. The molecule has 0 unspecified atom stereocenters. The number of rotatable bonds is 5. The van der Waals surface area contributed by atoms with E-state index in [1.807, 2.05) is 29.2 Å². The fourth-order valence-corrected chi connectivity index (χ4v) is 7.57. The minimum atomic E-state index is -0.124. The molecule has 0 aromatic heterocycles. The molecule has 3 aromatic carbocycles. The molecule has 218 valence electrons. The standard InChI is InChI=1S/C35H45N3O3/c1-25(2)38(29-13-4-3-5-14-29)35(40)41-30-15-10-20-37(24-30)28-18-21-36(22-19-28)34(39)33-31-16-8-6-11-26(31)23-27-12-7-9-17-32(27)33/h6-9,11-12,16-17,23,25,28-30H,3-5,10,13-15,18-22,24H2,1-2H3/t30-/m1/s1. The maximum Gasteiger partial charge on any atom is 0.410 e. The summed E-state index contributed by atoms with van der Waals surface area (Å²) in [5.41, 5.74) is 0.828. The van der Waals surface area contributed by atoms with Crippen LogP contribution in [0.15, 0.2) is 54.6 Å². The number of amides is 2. The molecule has 3 aromatic rings. The molecule has 1 aliphatic carbocycles. The van der Waals surface area contributed by atoms with Crippen molar-refractivity contribution < 1.29 is 14.3 Å². The Balaban J connectivity index is 1.09. The van der Waals surface area contributed by atoms with Gasteiger partial charge in [-0.1, -0.05) is 67.8 Å². The van der Waals surface area contributed by atoms with Crippen LogP contribution in [-0.2, 0) is 4.74 Å². The molecule has 3 fully saturated rings. The largest absolute Gasteiger partial charge is 0.445 e. The van der Waals surface area contributed by atoms with Gasteiger partial charge in [0.25, 0.3) is 5.91 Å². The first-order chi connectivity index (χ1) is 20.0. The Labute approximate surface area is 244 Å². The number of hydrogen-bond donors (Lipinski definition) is 0. The van der Waals surface area contributed by atoms with Crippen LogP contribution in [0.5, 0.6) is 0 Å². The monoisotopic (exact) mass is 555 g/mol. The fraction of sp³-hybridized carbons (Fsp3) is 0.543. The molecule has 2 amide bonds. The second kappa shape index (κ2) is 12.4. The highest BCUT2D eigenvalue weighted by Crippen LogP contribution is 2.31. The van der Waals surface area contributed by atoms with Crippen molar-refractivity contribution in [3.8, 4) is 0 Å². The highest BCUT2D eigenvalue weighted by atomic mass is 16.6. The van der Waals surface area contributed by atoms with Gasteiger partial charge in [-0.05, 0) is 86.5 Å². The van der Waals surface area contributed by atoms with Gasteiger partial charge in [-0.25, -0.2) is 4.79 Å². The van der Waals surface area contributed by atoms with Crippen LogP contribution >= 0.6 is 0 Å². The average Bonchev–Trinajstić information content (AvgIpc) is 3.00. The molecular weight excluding hydrogens is 510 g/mol. The predicted octanol–water partition coefficient (Wildman–Crippen LogP) is 7.24. The summed E-state index contributed by atoms with van der Waals surface area (Å²) in [5, 5.41) is 4.28. The van der Waals surface area contributed by atoms with E-state index in [4.69, 9.17) is 4.74 Å². The molecule has 0 N–H and O–H groups in total. The zero-order chi connectivity index (χ0) is 28.3. The van der Waals surface area contributed by atoms with Gasteiger partial charge in [0.1, 0.15) is 6.10 Å². The van der Waals surface area contributed by atoms with E-state index in [1.165, 1.54) is 19.3 Å². The van der Waals surface area contributed by atoms with E-state index in [0.29, 0.717) is 12.1 Å². The number of piperidine rings is 2. The zero-order valence-electron chi connectivity index (χ0n) is 24.8. The summed E-state index contributed by atoms with van der Waals surface area (Å²) < 4.78 is 6.17. The number of fused-ring (bicyclic) bond motifs is 2. The quantitative estimate of drug-likeness (QED) is 0.312. The Morgan fingerprint density at radius 3 is 2.07 bits per heavy atom. The molecule has 41 heavy (non-hydrogen) atoms. The normalized spacial score (nSPS) is 21.4. The van der Waals surface area contributed by atoms with Gasteiger partial charge >= 0.3 is 6.09 Å².